The van der Waals surface area contributed by atoms with Gasteiger partial charge in [0.1, 0.15) is 0 Å². The number of nitrogens with zero attached hydrogens (tertiary/aromatic N) is 4. The van der Waals surface area contributed by atoms with Gasteiger partial charge in [-0.1, -0.05) is 30.3 Å². The molecule has 6 heteroatoms. The standard InChI is InChI=1S/C17H16N4OS/c1-21(11-13-6-3-2-4-7-13)15(22)10-14-12-23-17(20-14)16-18-8-5-9-19-16/h2-9,12H,10-11H2,1H3. The topological polar surface area (TPSA) is 59.0 Å². The van der Waals surface area contributed by atoms with Crippen LogP contribution in [0.2, 0.25) is 0 Å². The monoisotopic (exact) mass is 324 g/mol. The predicted molar refractivity (Wildman–Crippen MR) is 89.8 cm³/mol. The van der Waals surface area contributed by atoms with E-state index in [-0.39, 0.29) is 12.3 Å². The molecule has 1 amide bonds. The Morgan fingerprint density at radius 1 is 1.13 bits per heavy atom. The second-order valence-electron chi connectivity index (χ2n) is 5.13. The Morgan fingerprint density at radius 2 is 1.87 bits per heavy atom. The van der Waals surface area contributed by atoms with E-state index in [9.17, 15) is 4.79 Å². The lowest BCUT2D eigenvalue weighted by Crippen LogP contribution is -2.27. The summed E-state index contributed by atoms with van der Waals surface area (Å²) in [4.78, 5) is 26.8. The van der Waals surface area contributed by atoms with Gasteiger partial charge in [0.2, 0.25) is 5.91 Å². The molecule has 3 aromatic rings. The molecule has 0 spiro atoms. The van der Waals surface area contributed by atoms with Gasteiger partial charge in [0.15, 0.2) is 10.8 Å². The molecule has 1 aromatic carbocycles. The third-order valence-electron chi connectivity index (χ3n) is 3.33. The number of carbonyl (C=O) groups is 1. The van der Waals surface area contributed by atoms with Crippen LogP contribution in [0, 0.1) is 0 Å². The van der Waals surface area contributed by atoms with Gasteiger partial charge in [-0.05, 0) is 11.6 Å². The maximum atomic E-state index is 12.3. The largest absolute Gasteiger partial charge is 0.341 e. The van der Waals surface area contributed by atoms with Gasteiger partial charge in [-0.25, -0.2) is 15.0 Å². The first-order valence-electron chi connectivity index (χ1n) is 7.22. The number of carbonyl (C=O) groups excluding carboxylic acids is 1. The Hall–Kier alpha value is -2.60. The van der Waals surface area contributed by atoms with Crippen molar-refractivity contribution in [2.24, 2.45) is 0 Å². The van der Waals surface area contributed by atoms with Crippen LogP contribution in [0.25, 0.3) is 10.8 Å². The lowest BCUT2D eigenvalue weighted by Gasteiger charge is -2.16. The molecule has 0 aliphatic heterocycles. The molecule has 2 heterocycles. The minimum Gasteiger partial charge on any atom is -0.341 e. The van der Waals surface area contributed by atoms with Crippen LogP contribution in [0.5, 0.6) is 0 Å². The van der Waals surface area contributed by atoms with Crippen molar-refractivity contribution in [2.75, 3.05) is 7.05 Å². The van der Waals surface area contributed by atoms with Crippen molar-refractivity contribution in [2.45, 2.75) is 13.0 Å². The first-order chi connectivity index (χ1) is 11.2. The molecule has 2 aromatic heterocycles. The summed E-state index contributed by atoms with van der Waals surface area (Å²) < 4.78 is 0. The van der Waals surface area contributed by atoms with Crippen LogP contribution >= 0.6 is 11.3 Å². The number of likely N-dealkylation sites (N-methyl/N-ethyl adjacent to an activating group) is 1. The Morgan fingerprint density at radius 3 is 2.61 bits per heavy atom. The van der Waals surface area contributed by atoms with Gasteiger partial charge in [0, 0.05) is 31.4 Å². The van der Waals surface area contributed by atoms with E-state index in [2.05, 4.69) is 15.0 Å². The van der Waals surface area contributed by atoms with Crippen LogP contribution in [0.3, 0.4) is 0 Å². The molecule has 0 N–H and O–H groups in total. The lowest BCUT2D eigenvalue weighted by molar-refractivity contribution is -0.129. The maximum absolute atomic E-state index is 12.3. The van der Waals surface area contributed by atoms with E-state index in [1.807, 2.05) is 42.8 Å². The van der Waals surface area contributed by atoms with Gasteiger partial charge in [0.05, 0.1) is 12.1 Å². The molecule has 0 atom stereocenters. The van der Waals surface area contributed by atoms with Crippen molar-refractivity contribution in [1.29, 1.82) is 0 Å². The maximum Gasteiger partial charge on any atom is 0.228 e. The Labute approximate surface area is 138 Å². The van der Waals surface area contributed by atoms with E-state index < -0.39 is 0 Å². The molecule has 5 nitrogen and oxygen atoms in total. The molecule has 3 rings (SSSR count). The second kappa shape index (κ2) is 7.11. The van der Waals surface area contributed by atoms with Crippen LogP contribution < -0.4 is 0 Å². The van der Waals surface area contributed by atoms with Crippen molar-refractivity contribution < 1.29 is 4.79 Å². The van der Waals surface area contributed by atoms with Crippen molar-refractivity contribution in [3.05, 3.63) is 65.4 Å². The smallest absolute Gasteiger partial charge is 0.228 e. The minimum atomic E-state index is 0.0414. The highest BCUT2D eigenvalue weighted by atomic mass is 32.1. The van der Waals surface area contributed by atoms with Crippen LogP contribution in [-0.2, 0) is 17.8 Å². The summed E-state index contributed by atoms with van der Waals surface area (Å²) >= 11 is 1.45. The number of aromatic nitrogens is 3. The molecule has 0 saturated carbocycles. The van der Waals surface area contributed by atoms with Gasteiger partial charge < -0.3 is 4.90 Å². The molecular formula is C17H16N4OS. The zero-order valence-corrected chi connectivity index (χ0v) is 13.5. The summed E-state index contributed by atoms with van der Waals surface area (Å²) in [5.74, 6) is 0.633. The van der Waals surface area contributed by atoms with Gasteiger partial charge in [-0.15, -0.1) is 11.3 Å². The molecular weight excluding hydrogens is 308 g/mol. The Bertz CT molecular complexity index is 774. The van der Waals surface area contributed by atoms with Crippen molar-refractivity contribution >= 4 is 17.2 Å². The van der Waals surface area contributed by atoms with Gasteiger partial charge in [-0.3, -0.25) is 4.79 Å². The van der Waals surface area contributed by atoms with E-state index in [4.69, 9.17) is 0 Å². The van der Waals surface area contributed by atoms with E-state index in [1.54, 1.807) is 23.4 Å². The molecule has 23 heavy (non-hydrogen) atoms. The van der Waals surface area contributed by atoms with Crippen molar-refractivity contribution in [1.82, 2.24) is 19.9 Å². The Kier molecular flexibility index (Phi) is 4.73. The molecule has 0 bridgehead atoms. The average Bonchev–Trinajstić information content (AvgIpc) is 3.05. The van der Waals surface area contributed by atoms with Crippen molar-refractivity contribution in [3.63, 3.8) is 0 Å². The normalized spacial score (nSPS) is 10.5. The SMILES string of the molecule is CN(Cc1ccccc1)C(=O)Cc1csc(-c2ncccn2)n1. The number of amides is 1. The molecule has 0 radical (unpaired) electrons. The van der Waals surface area contributed by atoms with Gasteiger partial charge >= 0.3 is 0 Å². The van der Waals surface area contributed by atoms with Crippen LogP contribution in [0.15, 0.2) is 54.2 Å². The minimum absolute atomic E-state index is 0.0414. The van der Waals surface area contributed by atoms with Crippen LogP contribution in [0.4, 0.5) is 0 Å². The fraction of sp³-hybridized carbons (Fsp3) is 0.176. The van der Waals surface area contributed by atoms with E-state index in [0.29, 0.717) is 12.4 Å². The number of hydrogen-bond acceptors (Lipinski definition) is 5. The lowest BCUT2D eigenvalue weighted by atomic mass is 10.2. The summed E-state index contributed by atoms with van der Waals surface area (Å²) in [5.41, 5.74) is 1.86. The summed E-state index contributed by atoms with van der Waals surface area (Å²) in [6.45, 7) is 0.596. The van der Waals surface area contributed by atoms with Crippen molar-refractivity contribution in [3.8, 4) is 10.8 Å². The fourth-order valence-corrected chi connectivity index (χ4v) is 2.90. The summed E-state index contributed by atoms with van der Waals surface area (Å²) in [7, 11) is 1.81. The zero-order valence-electron chi connectivity index (χ0n) is 12.7. The summed E-state index contributed by atoms with van der Waals surface area (Å²) in [5, 5.41) is 2.62. The van der Waals surface area contributed by atoms with Crippen LogP contribution in [-0.4, -0.2) is 32.8 Å². The number of hydrogen-bond donors (Lipinski definition) is 0. The fourth-order valence-electron chi connectivity index (χ4n) is 2.14. The van der Waals surface area contributed by atoms with E-state index in [0.717, 1.165) is 16.3 Å². The molecule has 0 aliphatic carbocycles. The predicted octanol–water partition coefficient (Wildman–Crippen LogP) is 2.80. The summed E-state index contributed by atoms with van der Waals surface area (Å²) in [6, 6.07) is 11.7. The quantitative estimate of drug-likeness (QED) is 0.724. The first kappa shape index (κ1) is 15.3. The molecule has 0 saturated heterocycles. The Balaban J connectivity index is 1.63. The number of rotatable bonds is 5. The average molecular weight is 324 g/mol. The summed E-state index contributed by atoms with van der Waals surface area (Å²) in [6.07, 6.45) is 3.65. The third kappa shape index (κ3) is 3.98. The van der Waals surface area contributed by atoms with Crippen LogP contribution in [0.1, 0.15) is 11.3 Å². The molecule has 0 aliphatic rings. The second-order valence-corrected chi connectivity index (χ2v) is 5.99. The van der Waals surface area contributed by atoms with Gasteiger partial charge in [-0.2, -0.15) is 0 Å². The molecule has 0 fully saturated rings. The number of benzene rings is 1. The first-order valence-corrected chi connectivity index (χ1v) is 8.10. The van der Waals surface area contributed by atoms with E-state index >= 15 is 0 Å². The zero-order chi connectivity index (χ0) is 16.1. The molecule has 0 unspecified atom stereocenters. The molecule has 116 valence electrons. The van der Waals surface area contributed by atoms with E-state index in [1.165, 1.54) is 11.3 Å². The number of thiazole rings is 1. The highest BCUT2D eigenvalue weighted by Gasteiger charge is 2.14. The third-order valence-corrected chi connectivity index (χ3v) is 4.22. The highest BCUT2D eigenvalue weighted by Crippen LogP contribution is 2.20. The van der Waals surface area contributed by atoms with Gasteiger partial charge in [0.25, 0.3) is 0 Å². The highest BCUT2D eigenvalue weighted by molar-refractivity contribution is 7.13.